The van der Waals surface area contributed by atoms with Crippen molar-refractivity contribution in [3.05, 3.63) is 34.7 Å². The number of nitrogens with zero attached hydrogens (tertiary/aromatic N) is 2. The summed E-state index contributed by atoms with van der Waals surface area (Å²) in [5.74, 6) is 0. The van der Waals surface area contributed by atoms with E-state index in [1.54, 1.807) is 17.6 Å². The van der Waals surface area contributed by atoms with Crippen LogP contribution >= 0.6 is 11.3 Å². The molecule has 0 bridgehead atoms. The summed E-state index contributed by atoms with van der Waals surface area (Å²) in [4.78, 5) is 4.16. The van der Waals surface area contributed by atoms with Crippen LogP contribution in [0.15, 0.2) is 29.1 Å². The highest BCUT2D eigenvalue weighted by Gasteiger charge is 2.04. The zero-order valence-corrected chi connectivity index (χ0v) is 8.08. The Hall–Kier alpha value is -1.86. The Labute approximate surface area is 85.4 Å². The van der Waals surface area contributed by atoms with Gasteiger partial charge in [-0.3, -0.25) is 0 Å². The number of hydrogen-bond acceptors (Lipinski definition) is 4. The molecule has 0 amide bonds. The lowest BCUT2D eigenvalue weighted by molar-refractivity contribution is 1.40. The second-order valence-electron chi connectivity index (χ2n) is 2.79. The molecule has 0 aliphatic rings. The third-order valence-corrected chi connectivity index (χ3v) is 2.48. The van der Waals surface area contributed by atoms with Crippen LogP contribution in [0.1, 0.15) is 5.56 Å². The van der Waals surface area contributed by atoms with Crippen LogP contribution in [0.5, 0.6) is 0 Å². The van der Waals surface area contributed by atoms with Crippen molar-refractivity contribution in [1.82, 2.24) is 4.98 Å². The third-order valence-electron chi connectivity index (χ3n) is 1.89. The lowest BCUT2D eigenvalue weighted by Gasteiger charge is -2.01. The topological polar surface area (TPSA) is 62.7 Å². The van der Waals surface area contributed by atoms with E-state index in [4.69, 9.17) is 11.0 Å². The van der Waals surface area contributed by atoms with Gasteiger partial charge in [0.1, 0.15) is 0 Å². The molecule has 1 aromatic heterocycles. The van der Waals surface area contributed by atoms with Gasteiger partial charge in [0.25, 0.3) is 0 Å². The summed E-state index contributed by atoms with van der Waals surface area (Å²) < 4.78 is 0. The molecule has 1 heterocycles. The van der Waals surface area contributed by atoms with Gasteiger partial charge in [-0.25, -0.2) is 4.98 Å². The summed E-state index contributed by atoms with van der Waals surface area (Å²) in [5.41, 5.74) is 10.5. The van der Waals surface area contributed by atoms with E-state index >= 15 is 0 Å². The van der Waals surface area contributed by atoms with Crippen molar-refractivity contribution in [1.29, 1.82) is 5.26 Å². The van der Waals surface area contributed by atoms with Gasteiger partial charge in [0, 0.05) is 16.6 Å². The van der Waals surface area contributed by atoms with Gasteiger partial charge in [0.15, 0.2) is 0 Å². The molecule has 0 fully saturated rings. The van der Waals surface area contributed by atoms with Crippen LogP contribution in [0.2, 0.25) is 0 Å². The number of benzene rings is 1. The Kier molecular flexibility index (Phi) is 2.17. The van der Waals surface area contributed by atoms with Crippen molar-refractivity contribution >= 4 is 17.0 Å². The van der Waals surface area contributed by atoms with E-state index in [2.05, 4.69) is 4.98 Å². The Morgan fingerprint density at radius 2 is 2.29 bits per heavy atom. The van der Waals surface area contributed by atoms with E-state index in [1.807, 2.05) is 17.5 Å². The lowest BCUT2D eigenvalue weighted by atomic mass is 10.1. The van der Waals surface area contributed by atoms with Gasteiger partial charge in [0.05, 0.1) is 22.8 Å². The van der Waals surface area contributed by atoms with E-state index in [1.165, 1.54) is 11.3 Å². The van der Waals surface area contributed by atoms with Crippen LogP contribution < -0.4 is 5.73 Å². The van der Waals surface area contributed by atoms with Gasteiger partial charge in [-0.1, -0.05) is 0 Å². The Bertz CT molecular complexity index is 483. The van der Waals surface area contributed by atoms with Crippen LogP contribution in [-0.4, -0.2) is 4.98 Å². The van der Waals surface area contributed by atoms with E-state index in [0.717, 1.165) is 11.3 Å². The van der Waals surface area contributed by atoms with Crippen molar-refractivity contribution in [2.24, 2.45) is 0 Å². The zero-order chi connectivity index (χ0) is 9.97. The summed E-state index contributed by atoms with van der Waals surface area (Å²) in [6.45, 7) is 0. The zero-order valence-electron chi connectivity index (χ0n) is 7.27. The van der Waals surface area contributed by atoms with Crippen molar-refractivity contribution in [2.45, 2.75) is 0 Å². The summed E-state index contributed by atoms with van der Waals surface area (Å²) >= 11 is 1.52. The Balaban J connectivity index is 2.52. The number of nitrogens with two attached hydrogens (primary N) is 1. The number of hydrogen-bond donors (Lipinski definition) is 1. The maximum absolute atomic E-state index is 8.66. The SMILES string of the molecule is N#Cc1ccc(-c2cscn2)c(N)c1. The highest BCUT2D eigenvalue weighted by Crippen LogP contribution is 2.25. The van der Waals surface area contributed by atoms with E-state index < -0.39 is 0 Å². The fraction of sp³-hybridized carbons (Fsp3) is 0. The molecular formula is C10H7N3S. The van der Waals surface area contributed by atoms with Gasteiger partial charge >= 0.3 is 0 Å². The molecule has 4 heteroatoms. The standard InChI is InChI=1S/C10H7N3S/c11-4-7-1-2-8(9(12)3-7)10-5-14-6-13-10/h1-3,5-6H,12H2. The first-order valence-corrected chi connectivity index (χ1v) is 4.94. The predicted molar refractivity (Wildman–Crippen MR) is 56.7 cm³/mol. The number of aromatic nitrogens is 1. The predicted octanol–water partition coefficient (Wildman–Crippen LogP) is 2.26. The second kappa shape index (κ2) is 3.48. The number of nitriles is 1. The first kappa shape index (κ1) is 8.73. The molecule has 0 aliphatic carbocycles. The molecule has 2 aromatic rings. The van der Waals surface area contributed by atoms with Gasteiger partial charge in [0.2, 0.25) is 0 Å². The largest absolute Gasteiger partial charge is 0.398 e. The maximum atomic E-state index is 8.66. The summed E-state index contributed by atoms with van der Waals surface area (Å²) in [6.07, 6.45) is 0. The van der Waals surface area contributed by atoms with Crippen LogP contribution in [0.3, 0.4) is 0 Å². The molecule has 0 unspecified atom stereocenters. The lowest BCUT2D eigenvalue weighted by Crippen LogP contribution is -1.91. The van der Waals surface area contributed by atoms with Gasteiger partial charge in [-0.15, -0.1) is 11.3 Å². The minimum absolute atomic E-state index is 0.571. The Morgan fingerprint density at radius 1 is 1.43 bits per heavy atom. The molecule has 0 saturated heterocycles. The minimum atomic E-state index is 0.571. The first-order valence-electron chi connectivity index (χ1n) is 3.99. The summed E-state index contributed by atoms with van der Waals surface area (Å²) in [5, 5.41) is 10.6. The minimum Gasteiger partial charge on any atom is -0.398 e. The van der Waals surface area contributed by atoms with Gasteiger partial charge in [-0.2, -0.15) is 5.26 Å². The van der Waals surface area contributed by atoms with E-state index in [9.17, 15) is 0 Å². The number of rotatable bonds is 1. The van der Waals surface area contributed by atoms with Crippen molar-refractivity contribution in [3.8, 4) is 17.3 Å². The van der Waals surface area contributed by atoms with Gasteiger partial charge in [-0.05, 0) is 18.2 Å². The van der Waals surface area contributed by atoms with E-state index in [0.29, 0.717) is 11.3 Å². The highest BCUT2D eigenvalue weighted by atomic mass is 32.1. The monoisotopic (exact) mass is 201 g/mol. The third kappa shape index (κ3) is 1.45. The van der Waals surface area contributed by atoms with Crippen LogP contribution in [0, 0.1) is 11.3 Å². The molecular weight excluding hydrogens is 194 g/mol. The summed E-state index contributed by atoms with van der Waals surface area (Å²) in [6, 6.07) is 7.27. The Morgan fingerprint density at radius 3 is 2.86 bits per heavy atom. The number of thiazole rings is 1. The van der Waals surface area contributed by atoms with Crippen LogP contribution in [0.4, 0.5) is 5.69 Å². The summed E-state index contributed by atoms with van der Waals surface area (Å²) in [7, 11) is 0. The van der Waals surface area contributed by atoms with Gasteiger partial charge < -0.3 is 5.73 Å². The second-order valence-corrected chi connectivity index (χ2v) is 3.51. The first-order chi connectivity index (χ1) is 6.81. The maximum Gasteiger partial charge on any atom is 0.0992 e. The quantitative estimate of drug-likeness (QED) is 0.720. The molecule has 0 saturated carbocycles. The highest BCUT2D eigenvalue weighted by molar-refractivity contribution is 7.07. The smallest absolute Gasteiger partial charge is 0.0992 e. The number of anilines is 1. The van der Waals surface area contributed by atoms with Crippen molar-refractivity contribution in [3.63, 3.8) is 0 Å². The molecule has 1 aromatic carbocycles. The molecule has 2 rings (SSSR count). The van der Waals surface area contributed by atoms with Crippen LogP contribution in [-0.2, 0) is 0 Å². The molecule has 0 aliphatic heterocycles. The van der Waals surface area contributed by atoms with Crippen molar-refractivity contribution in [2.75, 3.05) is 5.73 Å². The van der Waals surface area contributed by atoms with Crippen LogP contribution in [0.25, 0.3) is 11.3 Å². The average molecular weight is 201 g/mol. The molecule has 3 nitrogen and oxygen atoms in total. The molecule has 0 atom stereocenters. The molecule has 68 valence electrons. The molecule has 0 spiro atoms. The molecule has 14 heavy (non-hydrogen) atoms. The normalized spacial score (nSPS) is 9.64. The van der Waals surface area contributed by atoms with E-state index in [-0.39, 0.29) is 0 Å². The molecule has 2 N–H and O–H groups in total. The van der Waals surface area contributed by atoms with Crippen molar-refractivity contribution < 1.29 is 0 Å². The fourth-order valence-electron chi connectivity index (χ4n) is 1.21. The molecule has 0 radical (unpaired) electrons. The fourth-order valence-corrected chi connectivity index (χ4v) is 1.76. The number of nitrogen functional groups attached to an aromatic ring is 1. The average Bonchev–Trinajstić information content (AvgIpc) is 2.70.